The predicted molar refractivity (Wildman–Crippen MR) is 62.2 cm³/mol. The average Bonchev–Trinajstić information content (AvgIpc) is 2.30. The van der Waals surface area contributed by atoms with Crippen LogP contribution in [0.3, 0.4) is 0 Å². The summed E-state index contributed by atoms with van der Waals surface area (Å²) < 4.78 is 13.5. The van der Waals surface area contributed by atoms with Gasteiger partial charge in [-0.05, 0) is 30.2 Å². The van der Waals surface area contributed by atoms with E-state index in [1.165, 1.54) is 6.20 Å². The first-order chi connectivity index (χ1) is 7.68. The van der Waals surface area contributed by atoms with Crippen molar-refractivity contribution in [1.29, 1.82) is 0 Å². The normalized spacial score (nSPS) is 12.4. The summed E-state index contributed by atoms with van der Waals surface area (Å²) in [6.45, 7) is 1.90. The Kier molecular flexibility index (Phi) is 2.97. The first kappa shape index (κ1) is 10.8. The summed E-state index contributed by atoms with van der Waals surface area (Å²) >= 11 is 0. The van der Waals surface area contributed by atoms with Gasteiger partial charge in [0.25, 0.3) is 0 Å². The average molecular weight is 216 g/mol. The van der Waals surface area contributed by atoms with Gasteiger partial charge in [-0.3, -0.25) is 4.98 Å². The lowest BCUT2D eigenvalue weighted by Crippen LogP contribution is -2.04. The topological polar surface area (TPSA) is 38.9 Å². The Hall–Kier alpha value is -1.74. The lowest BCUT2D eigenvalue weighted by molar-refractivity contribution is 0.625. The molecule has 1 aromatic carbocycles. The fraction of sp³-hybridized carbons (Fsp3) is 0.154. The molecule has 0 saturated heterocycles. The first-order valence-corrected chi connectivity index (χ1v) is 5.14. The molecule has 1 atom stereocenters. The van der Waals surface area contributed by atoms with Gasteiger partial charge >= 0.3 is 0 Å². The van der Waals surface area contributed by atoms with Crippen molar-refractivity contribution < 1.29 is 4.39 Å². The number of benzene rings is 1. The Morgan fingerprint density at radius 2 is 2.12 bits per heavy atom. The van der Waals surface area contributed by atoms with Crippen molar-refractivity contribution >= 4 is 0 Å². The van der Waals surface area contributed by atoms with E-state index in [2.05, 4.69) is 4.98 Å². The van der Waals surface area contributed by atoms with E-state index < -0.39 is 0 Å². The zero-order valence-electron chi connectivity index (χ0n) is 9.02. The highest BCUT2D eigenvalue weighted by Gasteiger charge is 2.06. The van der Waals surface area contributed by atoms with Crippen LogP contribution >= 0.6 is 0 Å². The number of nitrogens with zero attached hydrogens (tertiary/aromatic N) is 1. The van der Waals surface area contributed by atoms with Gasteiger partial charge in [0.05, 0.1) is 6.20 Å². The number of hydrogen-bond donors (Lipinski definition) is 1. The molecule has 0 aliphatic rings. The van der Waals surface area contributed by atoms with Crippen LogP contribution in [0.2, 0.25) is 0 Å². The predicted octanol–water partition coefficient (Wildman–Crippen LogP) is 2.91. The molecule has 0 bridgehead atoms. The maximum absolute atomic E-state index is 13.5. The maximum atomic E-state index is 13.5. The van der Waals surface area contributed by atoms with Gasteiger partial charge in [0.1, 0.15) is 5.82 Å². The monoisotopic (exact) mass is 216 g/mol. The maximum Gasteiger partial charge on any atom is 0.149 e. The highest BCUT2D eigenvalue weighted by Crippen LogP contribution is 2.24. The Morgan fingerprint density at radius 3 is 2.81 bits per heavy atom. The van der Waals surface area contributed by atoms with Crippen LogP contribution < -0.4 is 5.73 Å². The third-order valence-corrected chi connectivity index (χ3v) is 2.50. The molecule has 2 rings (SSSR count). The van der Waals surface area contributed by atoms with Gasteiger partial charge in [0.2, 0.25) is 0 Å². The molecule has 0 aliphatic heterocycles. The van der Waals surface area contributed by atoms with Crippen LogP contribution in [-0.2, 0) is 0 Å². The van der Waals surface area contributed by atoms with E-state index in [0.717, 1.165) is 11.1 Å². The molecule has 0 aliphatic carbocycles. The van der Waals surface area contributed by atoms with Crippen LogP contribution in [0.1, 0.15) is 18.5 Å². The molecule has 82 valence electrons. The number of hydrogen-bond acceptors (Lipinski definition) is 2. The van der Waals surface area contributed by atoms with Crippen LogP contribution in [0.25, 0.3) is 11.1 Å². The van der Waals surface area contributed by atoms with Crippen molar-refractivity contribution in [2.24, 2.45) is 5.73 Å². The summed E-state index contributed by atoms with van der Waals surface area (Å²) in [5.41, 5.74) is 8.17. The molecule has 16 heavy (non-hydrogen) atoms. The van der Waals surface area contributed by atoms with E-state index in [1.807, 2.05) is 31.2 Å². The summed E-state index contributed by atoms with van der Waals surface area (Å²) in [6.07, 6.45) is 2.80. The van der Waals surface area contributed by atoms with E-state index in [9.17, 15) is 4.39 Å². The Labute approximate surface area is 93.9 Å². The Morgan fingerprint density at radius 1 is 1.31 bits per heavy atom. The quantitative estimate of drug-likeness (QED) is 0.838. The molecule has 0 amide bonds. The van der Waals surface area contributed by atoms with Gasteiger partial charge in [-0.15, -0.1) is 0 Å². The van der Waals surface area contributed by atoms with Crippen molar-refractivity contribution in [2.45, 2.75) is 13.0 Å². The van der Waals surface area contributed by atoms with Crippen molar-refractivity contribution in [2.75, 3.05) is 0 Å². The molecule has 2 aromatic rings. The highest BCUT2D eigenvalue weighted by atomic mass is 19.1. The molecule has 1 heterocycles. The molecule has 0 fully saturated rings. The van der Waals surface area contributed by atoms with E-state index in [4.69, 9.17) is 5.73 Å². The second kappa shape index (κ2) is 4.41. The molecule has 0 saturated carbocycles. The Bertz CT molecular complexity index is 495. The molecule has 3 heteroatoms. The number of rotatable bonds is 2. The molecular weight excluding hydrogens is 203 g/mol. The second-order valence-electron chi connectivity index (χ2n) is 3.77. The van der Waals surface area contributed by atoms with Gasteiger partial charge in [-0.2, -0.15) is 0 Å². The third-order valence-electron chi connectivity index (χ3n) is 2.50. The summed E-state index contributed by atoms with van der Waals surface area (Å²) in [5.74, 6) is -0.315. The van der Waals surface area contributed by atoms with E-state index in [1.54, 1.807) is 12.3 Å². The summed E-state index contributed by atoms with van der Waals surface area (Å²) in [6, 6.07) is 9.20. The van der Waals surface area contributed by atoms with Crippen molar-refractivity contribution in [3.05, 3.63) is 54.1 Å². The third kappa shape index (κ3) is 2.09. The zero-order valence-corrected chi connectivity index (χ0v) is 9.02. The van der Waals surface area contributed by atoms with E-state index in [0.29, 0.717) is 5.56 Å². The molecule has 2 N–H and O–H groups in total. The van der Waals surface area contributed by atoms with Gasteiger partial charge < -0.3 is 5.73 Å². The largest absolute Gasteiger partial charge is 0.324 e. The minimum Gasteiger partial charge on any atom is -0.324 e. The molecule has 1 aromatic heterocycles. The summed E-state index contributed by atoms with van der Waals surface area (Å²) in [4.78, 5) is 3.73. The summed E-state index contributed by atoms with van der Waals surface area (Å²) in [7, 11) is 0. The van der Waals surface area contributed by atoms with E-state index in [-0.39, 0.29) is 11.9 Å². The molecule has 2 nitrogen and oxygen atoms in total. The lowest BCUT2D eigenvalue weighted by Gasteiger charge is -2.08. The van der Waals surface area contributed by atoms with Crippen molar-refractivity contribution in [3.63, 3.8) is 0 Å². The molecule has 1 unspecified atom stereocenters. The zero-order chi connectivity index (χ0) is 11.5. The smallest absolute Gasteiger partial charge is 0.149 e. The van der Waals surface area contributed by atoms with E-state index >= 15 is 0 Å². The van der Waals surface area contributed by atoms with Crippen LogP contribution in [0, 0.1) is 5.82 Å². The van der Waals surface area contributed by atoms with Crippen molar-refractivity contribution in [1.82, 2.24) is 4.98 Å². The minimum absolute atomic E-state index is 0.0511. The van der Waals surface area contributed by atoms with Gasteiger partial charge in [-0.25, -0.2) is 4.39 Å². The SMILES string of the molecule is CC(N)c1cccc(-c2ccncc2F)c1. The molecule has 0 spiro atoms. The van der Waals surface area contributed by atoms with Crippen LogP contribution in [-0.4, -0.2) is 4.98 Å². The van der Waals surface area contributed by atoms with Crippen molar-refractivity contribution in [3.8, 4) is 11.1 Å². The Balaban J connectivity index is 2.49. The number of nitrogens with two attached hydrogens (primary N) is 1. The van der Waals surface area contributed by atoms with Gasteiger partial charge in [0, 0.05) is 17.8 Å². The molecular formula is C13H13FN2. The standard InChI is InChI=1S/C13H13FN2/c1-9(15)10-3-2-4-11(7-10)12-5-6-16-8-13(12)14/h2-9H,15H2,1H3. The number of pyridine rings is 1. The van der Waals surface area contributed by atoms with Gasteiger partial charge in [-0.1, -0.05) is 18.2 Å². The number of aromatic nitrogens is 1. The molecule has 0 radical (unpaired) electrons. The summed E-state index contributed by atoms with van der Waals surface area (Å²) in [5, 5.41) is 0. The van der Waals surface area contributed by atoms with Gasteiger partial charge in [0.15, 0.2) is 0 Å². The fourth-order valence-corrected chi connectivity index (χ4v) is 1.60. The second-order valence-corrected chi connectivity index (χ2v) is 3.77. The lowest BCUT2D eigenvalue weighted by atomic mass is 10.0. The first-order valence-electron chi connectivity index (χ1n) is 5.14. The van der Waals surface area contributed by atoms with Crippen LogP contribution in [0.5, 0.6) is 0 Å². The minimum atomic E-state index is -0.315. The van der Waals surface area contributed by atoms with Crippen LogP contribution in [0.4, 0.5) is 4.39 Å². The van der Waals surface area contributed by atoms with Crippen LogP contribution in [0.15, 0.2) is 42.7 Å². The fourth-order valence-electron chi connectivity index (χ4n) is 1.60. The highest BCUT2D eigenvalue weighted by molar-refractivity contribution is 5.64. The number of halogens is 1.